The van der Waals surface area contributed by atoms with Crippen molar-refractivity contribution in [3.05, 3.63) is 72.1 Å². The first-order valence-electron chi connectivity index (χ1n) is 8.19. The molecule has 27 heavy (non-hydrogen) atoms. The van der Waals surface area contributed by atoms with Crippen molar-refractivity contribution in [2.75, 3.05) is 5.32 Å². The molecular formula is C19H18F2N4OS. The minimum Gasteiger partial charge on any atom is -0.334 e. The second kappa shape index (κ2) is 8.22. The molecule has 0 fully saturated rings. The average molecular weight is 388 g/mol. The van der Waals surface area contributed by atoms with Crippen molar-refractivity contribution < 1.29 is 13.6 Å². The number of urea groups is 1. The van der Waals surface area contributed by atoms with E-state index in [9.17, 15) is 13.6 Å². The van der Waals surface area contributed by atoms with Crippen molar-refractivity contribution >= 4 is 23.5 Å². The third kappa shape index (κ3) is 5.55. The lowest BCUT2D eigenvalue weighted by Gasteiger charge is -2.12. The number of benzene rings is 2. The first-order chi connectivity index (χ1) is 12.9. The zero-order valence-electron chi connectivity index (χ0n) is 14.5. The first-order valence-corrected chi connectivity index (χ1v) is 9.00. The summed E-state index contributed by atoms with van der Waals surface area (Å²) in [5.74, 6) is -2.87. The molecule has 3 aromatic rings. The lowest BCUT2D eigenvalue weighted by atomic mass is 10.1. The number of rotatable bonds is 6. The van der Waals surface area contributed by atoms with Gasteiger partial charge in [0.25, 0.3) is 5.92 Å². The van der Waals surface area contributed by atoms with Crippen molar-refractivity contribution in [2.45, 2.75) is 29.2 Å². The normalized spacial score (nSPS) is 11.2. The van der Waals surface area contributed by atoms with E-state index in [0.717, 1.165) is 22.3 Å². The number of carbonyl (C=O) groups is 1. The maximum atomic E-state index is 13.4. The summed E-state index contributed by atoms with van der Waals surface area (Å²) < 4.78 is 26.9. The molecule has 8 heteroatoms. The van der Waals surface area contributed by atoms with Crippen LogP contribution < -0.4 is 10.6 Å². The molecule has 0 atom stereocenters. The minimum absolute atomic E-state index is 0.0138. The van der Waals surface area contributed by atoms with Crippen LogP contribution in [0.1, 0.15) is 18.1 Å². The van der Waals surface area contributed by atoms with E-state index in [2.05, 4.69) is 20.8 Å². The summed E-state index contributed by atoms with van der Waals surface area (Å²) in [5.41, 5.74) is 1.50. The van der Waals surface area contributed by atoms with Gasteiger partial charge in [-0.2, -0.15) is 5.10 Å². The van der Waals surface area contributed by atoms with E-state index in [0.29, 0.717) is 12.2 Å². The number of aromatic nitrogens is 2. The van der Waals surface area contributed by atoms with Crippen LogP contribution in [0.15, 0.2) is 70.7 Å². The van der Waals surface area contributed by atoms with Crippen molar-refractivity contribution in [3.8, 4) is 0 Å². The standard InChI is InChI=1S/C19H18F2N4OS/c1-19(20,21)14-3-2-4-17(9-14)27-16-7-5-15(6-8-16)25-18(26)22-10-13-11-23-24-12-13/h2-9,11-12H,10H2,1H3,(H,23,24)(H2,22,25,26). The van der Waals surface area contributed by atoms with Gasteiger partial charge in [-0.1, -0.05) is 23.9 Å². The summed E-state index contributed by atoms with van der Waals surface area (Å²) in [4.78, 5) is 13.5. The molecule has 1 heterocycles. The number of hydrogen-bond donors (Lipinski definition) is 3. The molecule has 0 aliphatic heterocycles. The predicted octanol–water partition coefficient (Wildman–Crippen LogP) is 4.99. The van der Waals surface area contributed by atoms with Crippen LogP contribution in [-0.4, -0.2) is 16.2 Å². The van der Waals surface area contributed by atoms with Gasteiger partial charge < -0.3 is 10.6 Å². The van der Waals surface area contributed by atoms with Crippen LogP contribution in [0.4, 0.5) is 19.3 Å². The van der Waals surface area contributed by atoms with E-state index in [1.54, 1.807) is 36.7 Å². The van der Waals surface area contributed by atoms with Crippen LogP contribution in [0, 0.1) is 0 Å². The molecule has 0 radical (unpaired) electrons. The Morgan fingerprint density at radius 3 is 2.63 bits per heavy atom. The lowest BCUT2D eigenvalue weighted by molar-refractivity contribution is 0.0172. The van der Waals surface area contributed by atoms with Gasteiger partial charge >= 0.3 is 6.03 Å². The Labute approximate surface area is 159 Å². The number of anilines is 1. The monoisotopic (exact) mass is 388 g/mol. The molecular weight excluding hydrogens is 370 g/mol. The zero-order valence-corrected chi connectivity index (χ0v) is 15.3. The fourth-order valence-electron chi connectivity index (χ4n) is 2.31. The highest BCUT2D eigenvalue weighted by atomic mass is 32.2. The maximum Gasteiger partial charge on any atom is 0.319 e. The van der Waals surface area contributed by atoms with E-state index in [1.807, 2.05) is 12.1 Å². The van der Waals surface area contributed by atoms with E-state index in [1.165, 1.54) is 23.9 Å². The van der Waals surface area contributed by atoms with E-state index >= 15 is 0 Å². The Morgan fingerprint density at radius 2 is 1.96 bits per heavy atom. The van der Waals surface area contributed by atoms with Gasteiger partial charge in [-0.25, -0.2) is 13.6 Å². The Kier molecular flexibility index (Phi) is 5.75. The lowest BCUT2D eigenvalue weighted by Crippen LogP contribution is -2.27. The van der Waals surface area contributed by atoms with Crippen LogP contribution in [0.5, 0.6) is 0 Å². The number of halogens is 2. The van der Waals surface area contributed by atoms with E-state index in [4.69, 9.17) is 0 Å². The molecule has 3 rings (SSSR count). The quantitative estimate of drug-likeness (QED) is 0.557. The van der Waals surface area contributed by atoms with E-state index < -0.39 is 5.92 Å². The van der Waals surface area contributed by atoms with Gasteiger partial charge in [-0.15, -0.1) is 0 Å². The molecule has 1 aromatic heterocycles. The first kappa shape index (κ1) is 18.9. The summed E-state index contributed by atoms with van der Waals surface area (Å²) in [6, 6.07) is 13.2. The van der Waals surface area contributed by atoms with Crippen LogP contribution in [0.3, 0.4) is 0 Å². The van der Waals surface area contributed by atoms with Gasteiger partial charge in [0.05, 0.1) is 6.20 Å². The average Bonchev–Trinajstić information content (AvgIpc) is 3.15. The fourth-order valence-corrected chi connectivity index (χ4v) is 3.18. The summed E-state index contributed by atoms with van der Waals surface area (Å²) in [7, 11) is 0. The summed E-state index contributed by atoms with van der Waals surface area (Å²) in [6.45, 7) is 1.25. The predicted molar refractivity (Wildman–Crippen MR) is 101 cm³/mol. The molecule has 0 unspecified atom stereocenters. The molecule has 0 saturated heterocycles. The molecule has 0 bridgehead atoms. The molecule has 0 aliphatic carbocycles. The highest BCUT2D eigenvalue weighted by molar-refractivity contribution is 7.99. The highest BCUT2D eigenvalue weighted by Crippen LogP contribution is 2.33. The fraction of sp³-hybridized carbons (Fsp3) is 0.158. The van der Waals surface area contributed by atoms with Crippen molar-refractivity contribution in [1.29, 1.82) is 0 Å². The molecule has 2 amide bonds. The van der Waals surface area contributed by atoms with Crippen molar-refractivity contribution in [1.82, 2.24) is 15.5 Å². The van der Waals surface area contributed by atoms with Gasteiger partial charge in [0, 0.05) is 46.3 Å². The van der Waals surface area contributed by atoms with E-state index in [-0.39, 0.29) is 11.6 Å². The number of hydrogen-bond acceptors (Lipinski definition) is 3. The third-order valence-electron chi connectivity index (χ3n) is 3.70. The van der Waals surface area contributed by atoms with Gasteiger partial charge in [0.1, 0.15) is 0 Å². The number of H-pyrrole nitrogens is 1. The summed E-state index contributed by atoms with van der Waals surface area (Å²) in [5, 5.41) is 11.9. The minimum atomic E-state index is -2.87. The number of aromatic amines is 1. The molecule has 0 saturated carbocycles. The second-order valence-electron chi connectivity index (χ2n) is 5.96. The Bertz CT molecular complexity index is 893. The topological polar surface area (TPSA) is 69.8 Å². The van der Waals surface area contributed by atoms with Crippen molar-refractivity contribution in [2.24, 2.45) is 0 Å². The number of amides is 2. The highest BCUT2D eigenvalue weighted by Gasteiger charge is 2.24. The molecule has 2 aromatic carbocycles. The Balaban J connectivity index is 1.56. The van der Waals surface area contributed by atoms with Crippen LogP contribution in [-0.2, 0) is 12.5 Å². The Hall–Kier alpha value is -2.87. The Morgan fingerprint density at radius 1 is 1.19 bits per heavy atom. The van der Waals surface area contributed by atoms with Gasteiger partial charge in [-0.3, -0.25) is 5.10 Å². The maximum absolute atomic E-state index is 13.4. The van der Waals surface area contributed by atoms with Crippen LogP contribution in [0.25, 0.3) is 0 Å². The molecule has 0 spiro atoms. The molecule has 5 nitrogen and oxygen atoms in total. The smallest absolute Gasteiger partial charge is 0.319 e. The van der Waals surface area contributed by atoms with Gasteiger partial charge in [0.2, 0.25) is 0 Å². The summed E-state index contributed by atoms with van der Waals surface area (Å²) >= 11 is 1.38. The SMILES string of the molecule is CC(F)(F)c1cccc(Sc2ccc(NC(=O)NCc3cn[nH]c3)cc2)c1. The number of alkyl halides is 2. The van der Waals surface area contributed by atoms with Crippen LogP contribution in [0.2, 0.25) is 0 Å². The second-order valence-corrected chi connectivity index (χ2v) is 7.10. The number of carbonyl (C=O) groups excluding carboxylic acids is 1. The van der Waals surface area contributed by atoms with Gasteiger partial charge in [0.15, 0.2) is 0 Å². The van der Waals surface area contributed by atoms with Crippen LogP contribution >= 0.6 is 11.8 Å². The molecule has 140 valence electrons. The van der Waals surface area contributed by atoms with Gasteiger partial charge in [-0.05, 0) is 36.4 Å². The summed E-state index contributed by atoms with van der Waals surface area (Å²) in [6.07, 6.45) is 3.34. The molecule has 0 aliphatic rings. The number of nitrogens with zero attached hydrogens (tertiary/aromatic N) is 1. The van der Waals surface area contributed by atoms with Crippen molar-refractivity contribution in [3.63, 3.8) is 0 Å². The molecule has 3 N–H and O–H groups in total. The number of nitrogens with one attached hydrogen (secondary N) is 3. The largest absolute Gasteiger partial charge is 0.334 e. The third-order valence-corrected chi connectivity index (χ3v) is 4.69. The zero-order chi connectivity index (χ0) is 19.3.